The molecular weight excluding hydrogens is 267 g/mol. The van der Waals surface area contributed by atoms with Crippen molar-refractivity contribution in [2.75, 3.05) is 0 Å². The molecule has 21 heavy (non-hydrogen) atoms. The summed E-state index contributed by atoms with van der Waals surface area (Å²) >= 11 is 0. The van der Waals surface area contributed by atoms with Crippen molar-refractivity contribution in [2.45, 2.75) is 6.61 Å². The van der Waals surface area contributed by atoms with Crippen LogP contribution in [0.2, 0.25) is 0 Å². The van der Waals surface area contributed by atoms with E-state index in [0.717, 1.165) is 16.5 Å². The number of pyridine rings is 1. The summed E-state index contributed by atoms with van der Waals surface area (Å²) in [6.07, 6.45) is 1.73. The fraction of sp³-hybridized carbons (Fsp3) is 0.0588. The first-order chi connectivity index (χ1) is 10.3. The third kappa shape index (κ3) is 2.82. The Kier molecular flexibility index (Phi) is 3.48. The molecule has 1 aromatic heterocycles. The lowest BCUT2D eigenvalue weighted by molar-refractivity contribution is 0.306. The Labute approximate surface area is 121 Å². The second-order valence-electron chi connectivity index (χ2n) is 4.57. The highest BCUT2D eigenvalue weighted by Gasteiger charge is 2.04. The summed E-state index contributed by atoms with van der Waals surface area (Å²) in [5, 5.41) is 9.85. The second-order valence-corrected chi connectivity index (χ2v) is 4.57. The maximum Gasteiger partial charge on any atom is 0.140 e. The molecule has 4 heteroatoms. The minimum Gasteiger partial charge on any atom is -0.489 e. The summed E-state index contributed by atoms with van der Waals surface area (Å²) in [5.41, 5.74) is 1.62. The molecule has 3 nitrogen and oxygen atoms in total. The van der Waals surface area contributed by atoms with Gasteiger partial charge in [0, 0.05) is 17.6 Å². The van der Waals surface area contributed by atoms with E-state index in [1.54, 1.807) is 12.3 Å². The van der Waals surface area contributed by atoms with Crippen LogP contribution in [0.4, 0.5) is 4.39 Å². The summed E-state index contributed by atoms with van der Waals surface area (Å²) < 4.78 is 18.9. The van der Waals surface area contributed by atoms with Crippen LogP contribution < -0.4 is 4.74 Å². The smallest absolute Gasteiger partial charge is 0.140 e. The molecule has 2 aromatic carbocycles. The van der Waals surface area contributed by atoms with E-state index in [1.807, 2.05) is 36.4 Å². The maximum atomic E-state index is 13.2. The van der Waals surface area contributed by atoms with E-state index >= 15 is 0 Å². The maximum absolute atomic E-state index is 13.2. The molecule has 0 aliphatic heterocycles. The molecule has 0 saturated carbocycles. The third-order valence-corrected chi connectivity index (χ3v) is 3.13. The number of ether oxygens (including phenoxy) is 1. The Morgan fingerprint density at radius 2 is 2.05 bits per heavy atom. The molecule has 0 bridgehead atoms. The fourth-order valence-electron chi connectivity index (χ4n) is 2.05. The number of fused-ring (bicyclic) bond motifs is 1. The second kappa shape index (κ2) is 5.59. The van der Waals surface area contributed by atoms with Crippen molar-refractivity contribution in [3.8, 4) is 11.8 Å². The van der Waals surface area contributed by atoms with E-state index in [0.29, 0.717) is 5.75 Å². The van der Waals surface area contributed by atoms with E-state index in [4.69, 9.17) is 10.00 Å². The molecule has 0 amide bonds. The number of hydrogen-bond donors (Lipinski definition) is 0. The van der Waals surface area contributed by atoms with Gasteiger partial charge in [-0.3, -0.25) is 4.98 Å². The summed E-state index contributed by atoms with van der Waals surface area (Å²) in [6.45, 7) is 0.271. The molecule has 0 atom stereocenters. The lowest BCUT2D eigenvalue weighted by Gasteiger charge is -2.07. The molecular formula is C17H11FN2O. The van der Waals surface area contributed by atoms with E-state index in [2.05, 4.69) is 4.98 Å². The Bertz CT molecular complexity index is 840. The Balaban J connectivity index is 1.78. The molecule has 0 N–H and O–H groups in total. The van der Waals surface area contributed by atoms with Crippen LogP contribution >= 0.6 is 0 Å². The number of halogens is 1. The topological polar surface area (TPSA) is 45.9 Å². The van der Waals surface area contributed by atoms with Crippen LogP contribution in [0.15, 0.2) is 54.7 Å². The SMILES string of the molecule is N#Cc1cc(COc2ccc3cccnc3c2)ccc1F. The van der Waals surface area contributed by atoms with Gasteiger partial charge in [-0.15, -0.1) is 0 Å². The largest absolute Gasteiger partial charge is 0.489 e. The van der Waals surface area contributed by atoms with Crippen molar-refractivity contribution in [3.05, 3.63) is 71.7 Å². The third-order valence-electron chi connectivity index (χ3n) is 3.13. The van der Waals surface area contributed by atoms with Crippen molar-refractivity contribution >= 4 is 10.9 Å². The molecule has 0 radical (unpaired) electrons. The average molecular weight is 278 g/mol. The first-order valence-electron chi connectivity index (χ1n) is 6.42. The number of benzene rings is 2. The average Bonchev–Trinajstić information content (AvgIpc) is 2.54. The van der Waals surface area contributed by atoms with E-state index in [9.17, 15) is 4.39 Å². The molecule has 3 rings (SSSR count). The first kappa shape index (κ1) is 13.1. The van der Waals surface area contributed by atoms with E-state index < -0.39 is 5.82 Å². The highest BCUT2D eigenvalue weighted by atomic mass is 19.1. The minimum atomic E-state index is -0.517. The number of nitriles is 1. The zero-order valence-corrected chi connectivity index (χ0v) is 11.1. The van der Waals surface area contributed by atoms with Crippen LogP contribution in [0.3, 0.4) is 0 Å². The van der Waals surface area contributed by atoms with E-state index in [1.165, 1.54) is 12.1 Å². The van der Waals surface area contributed by atoms with Gasteiger partial charge in [-0.2, -0.15) is 5.26 Å². The predicted molar refractivity (Wildman–Crippen MR) is 77.2 cm³/mol. The zero-order chi connectivity index (χ0) is 14.7. The van der Waals surface area contributed by atoms with Gasteiger partial charge < -0.3 is 4.74 Å². The fourth-order valence-corrected chi connectivity index (χ4v) is 2.05. The van der Waals surface area contributed by atoms with Gasteiger partial charge in [0.05, 0.1) is 11.1 Å². The van der Waals surface area contributed by atoms with Crippen LogP contribution in [0, 0.1) is 17.1 Å². The van der Waals surface area contributed by atoms with Crippen molar-refractivity contribution < 1.29 is 9.13 Å². The van der Waals surface area contributed by atoms with Gasteiger partial charge in [-0.25, -0.2) is 4.39 Å². The number of nitrogens with zero attached hydrogens (tertiary/aromatic N) is 2. The van der Waals surface area contributed by atoms with Gasteiger partial charge in [0.1, 0.15) is 24.2 Å². The van der Waals surface area contributed by atoms with Crippen molar-refractivity contribution in [2.24, 2.45) is 0 Å². The monoisotopic (exact) mass is 278 g/mol. The zero-order valence-electron chi connectivity index (χ0n) is 11.1. The molecule has 102 valence electrons. The Morgan fingerprint density at radius 3 is 2.90 bits per heavy atom. The van der Waals surface area contributed by atoms with Gasteiger partial charge in [-0.05, 0) is 35.9 Å². The van der Waals surface area contributed by atoms with Crippen molar-refractivity contribution in [1.29, 1.82) is 5.26 Å². The van der Waals surface area contributed by atoms with Crippen LogP contribution in [-0.2, 0) is 6.61 Å². The van der Waals surface area contributed by atoms with Gasteiger partial charge >= 0.3 is 0 Å². The molecule has 0 saturated heterocycles. The highest BCUT2D eigenvalue weighted by molar-refractivity contribution is 5.79. The first-order valence-corrected chi connectivity index (χ1v) is 6.42. The molecule has 0 spiro atoms. The van der Waals surface area contributed by atoms with Crippen LogP contribution in [0.25, 0.3) is 10.9 Å². The Hall–Kier alpha value is -2.93. The Morgan fingerprint density at radius 1 is 1.14 bits per heavy atom. The lowest BCUT2D eigenvalue weighted by atomic mass is 10.1. The molecule has 3 aromatic rings. The van der Waals surface area contributed by atoms with Crippen molar-refractivity contribution in [1.82, 2.24) is 4.98 Å². The number of hydrogen-bond acceptors (Lipinski definition) is 3. The van der Waals surface area contributed by atoms with E-state index in [-0.39, 0.29) is 12.2 Å². The summed E-state index contributed by atoms with van der Waals surface area (Å²) in [6, 6.07) is 15.7. The van der Waals surface area contributed by atoms with Crippen LogP contribution in [0.1, 0.15) is 11.1 Å². The lowest BCUT2D eigenvalue weighted by Crippen LogP contribution is -1.97. The van der Waals surface area contributed by atoms with Crippen molar-refractivity contribution in [3.63, 3.8) is 0 Å². The van der Waals surface area contributed by atoms with Crippen LogP contribution in [0.5, 0.6) is 5.75 Å². The quantitative estimate of drug-likeness (QED) is 0.731. The van der Waals surface area contributed by atoms with Gasteiger partial charge in [0.2, 0.25) is 0 Å². The van der Waals surface area contributed by atoms with Gasteiger partial charge in [0.25, 0.3) is 0 Å². The van der Waals surface area contributed by atoms with Gasteiger partial charge in [-0.1, -0.05) is 12.1 Å². The summed E-state index contributed by atoms with van der Waals surface area (Å²) in [7, 11) is 0. The molecule has 0 aliphatic rings. The number of aromatic nitrogens is 1. The summed E-state index contributed by atoms with van der Waals surface area (Å²) in [4.78, 5) is 4.26. The summed E-state index contributed by atoms with van der Waals surface area (Å²) in [5.74, 6) is 0.167. The normalized spacial score (nSPS) is 10.3. The van der Waals surface area contributed by atoms with Gasteiger partial charge in [0.15, 0.2) is 0 Å². The predicted octanol–water partition coefficient (Wildman–Crippen LogP) is 3.82. The standard InChI is InChI=1S/C17H11FN2O/c18-16-6-3-12(8-14(16)10-19)11-21-15-5-4-13-2-1-7-20-17(13)9-15/h1-9H,11H2. The van der Waals surface area contributed by atoms with Crippen LogP contribution in [-0.4, -0.2) is 4.98 Å². The molecule has 0 aliphatic carbocycles. The number of rotatable bonds is 3. The molecule has 0 unspecified atom stereocenters. The highest BCUT2D eigenvalue weighted by Crippen LogP contribution is 2.20. The minimum absolute atomic E-state index is 0.0243. The molecule has 0 fully saturated rings. The molecule has 1 heterocycles.